The molecule has 0 saturated heterocycles. The van der Waals surface area contributed by atoms with Crippen molar-refractivity contribution in [3.8, 4) is 0 Å². The van der Waals surface area contributed by atoms with E-state index in [0.717, 1.165) is 18.4 Å². The average Bonchev–Trinajstić information content (AvgIpc) is 2.63. The van der Waals surface area contributed by atoms with E-state index in [4.69, 9.17) is 4.74 Å². The molecule has 0 radical (unpaired) electrons. The molecule has 2 N–H and O–H groups in total. The number of ketones is 1. The smallest absolute Gasteiger partial charge is 0.542 e. The summed E-state index contributed by atoms with van der Waals surface area (Å²) in [6.45, 7) is 3.52. The zero-order chi connectivity index (χ0) is 19.5. The van der Waals surface area contributed by atoms with Gasteiger partial charge in [0.2, 0.25) is 0 Å². The number of carbonyl (C=O) groups excluding carboxylic acids is 3. The number of Topliss-reactive ketones (excluding diaryl/α,β-unsaturated/α-hetero) is 1. The van der Waals surface area contributed by atoms with Crippen molar-refractivity contribution < 1.29 is 58.9 Å². The second-order valence-corrected chi connectivity index (χ2v) is 6.24. The molecule has 3 atom stereocenters. The molecular weight excluding hydrogens is 361 g/mol. The van der Waals surface area contributed by atoms with E-state index < -0.39 is 35.9 Å². The third kappa shape index (κ3) is 9.37. The predicted octanol–water partition coefficient (Wildman–Crippen LogP) is -1.82. The van der Waals surface area contributed by atoms with Crippen LogP contribution in [-0.2, 0) is 20.9 Å². The number of aliphatic carboxylic acids is 1. The monoisotopic (exact) mass is 387 g/mol. The Balaban J connectivity index is 0.00000676. The van der Waals surface area contributed by atoms with Crippen molar-refractivity contribution in [3.05, 3.63) is 35.9 Å². The fourth-order valence-electron chi connectivity index (χ4n) is 2.61. The summed E-state index contributed by atoms with van der Waals surface area (Å²) in [5.41, 5.74) is 0.806. The maximum atomic E-state index is 11.9. The number of rotatable bonds is 11. The van der Waals surface area contributed by atoms with Gasteiger partial charge in [-0.1, -0.05) is 56.5 Å². The quantitative estimate of drug-likeness (QED) is 0.263. The van der Waals surface area contributed by atoms with E-state index in [1.54, 1.807) is 12.1 Å². The molecule has 144 valence electrons. The van der Waals surface area contributed by atoms with Gasteiger partial charge < -0.3 is 25.1 Å². The summed E-state index contributed by atoms with van der Waals surface area (Å²) >= 11 is 0. The van der Waals surface area contributed by atoms with Gasteiger partial charge in [-0.05, 0) is 18.9 Å². The topological polar surface area (TPSA) is 116 Å². The van der Waals surface area contributed by atoms with Gasteiger partial charge in [-0.3, -0.25) is 4.79 Å². The number of hydrogen-bond acceptors (Lipinski definition) is 6. The van der Waals surface area contributed by atoms with E-state index in [-0.39, 0.29) is 42.6 Å². The minimum Gasteiger partial charge on any atom is -0.542 e. The molecule has 0 aliphatic heterocycles. The third-order valence-corrected chi connectivity index (χ3v) is 4.14. The number of carbonyl (C=O) groups is 3. The number of hydrogen-bond donors (Lipinski definition) is 2. The van der Waals surface area contributed by atoms with E-state index in [1.807, 2.05) is 25.1 Å². The molecule has 8 heteroatoms. The summed E-state index contributed by atoms with van der Waals surface area (Å²) in [5, 5.41) is 23.7. The van der Waals surface area contributed by atoms with E-state index >= 15 is 0 Å². The van der Waals surface area contributed by atoms with Gasteiger partial charge in [0.05, 0.1) is 18.1 Å². The minimum atomic E-state index is -1.83. The number of carboxylic acids is 1. The number of aliphatic hydroxyl groups excluding tert-OH is 1. The fourth-order valence-corrected chi connectivity index (χ4v) is 2.61. The van der Waals surface area contributed by atoms with Crippen LogP contribution in [0.3, 0.4) is 0 Å². The van der Waals surface area contributed by atoms with Crippen LogP contribution in [-0.4, -0.2) is 35.1 Å². The molecule has 0 aliphatic carbocycles. The summed E-state index contributed by atoms with van der Waals surface area (Å²) < 4.78 is 5.06. The first-order chi connectivity index (χ1) is 12.4. The van der Waals surface area contributed by atoms with Gasteiger partial charge in [-0.15, -0.1) is 0 Å². The van der Waals surface area contributed by atoms with Crippen LogP contribution in [0.2, 0.25) is 0 Å². The van der Waals surface area contributed by atoms with Crippen LogP contribution in [0.1, 0.15) is 45.1 Å². The van der Waals surface area contributed by atoms with Crippen LogP contribution in [0.4, 0.5) is 4.79 Å². The molecule has 0 heterocycles. The second-order valence-electron chi connectivity index (χ2n) is 6.24. The maximum Gasteiger partial charge on any atom is 1.00 e. The third-order valence-electron chi connectivity index (χ3n) is 4.14. The van der Waals surface area contributed by atoms with Crippen molar-refractivity contribution >= 4 is 17.8 Å². The average molecular weight is 387 g/mol. The Labute approximate surface area is 181 Å². The molecular formula is C19H26NNaO6. The van der Waals surface area contributed by atoms with Crippen LogP contribution in [0, 0.1) is 5.92 Å². The SMILES string of the molecule is CCCCCC(C(=O)C(=O)[O-])C(O)C(C)NC(=O)OCc1ccccc1.[Na+]. The van der Waals surface area contributed by atoms with Crippen LogP contribution >= 0.6 is 0 Å². The molecule has 1 rings (SSSR count). The Morgan fingerprint density at radius 1 is 1.19 bits per heavy atom. The largest absolute Gasteiger partial charge is 1.00 e. The van der Waals surface area contributed by atoms with Crippen molar-refractivity contribution in [1.29, 1.82) is 0 Å². The summed E-state index contributed by atoms with van der Waals surface area (Å²) in [7, 11) is 0. The van der Waals surface area contributed by atoms with E-state index in [1.165, 1.54) is 6.92 Å². The Hall–Kier alpha value is -1.41. The molecule has 27 heavy (non-hydrogen) atoms. The molecule has 1 aromatic rings. The molecule has 1 amide bonds. The number of nitrogens with one attached hydrogen (secondary N) is 1. The van der Waals surface area contributed by atoms with Crippen LogP contribution in [0.15, 0.2) is 30.3 Å². The number of benzene rings is 1. The maximum absolute atomic E-state index is 11.9. The van der Waals surface area contributed by atoms with E-state index in [0.29, 0.717) is 6.42 Å². The minimum absolute atomic E-state index is 0. The van der Waals surface area contributed by atoms with Crippen molar-refractivity contribution in [2.24, 2.45) is 5.92 Å². The van der Waals surface area contributed by atoms with Gasteiger partial charge in [0.1, 0.15) is 12.6 Å². The van der Waals surface area contributed by atoms with Crippen molar-refractivity contribution in [3.63, 3.8) is 0 Å². The summed E-state index contributed by atoms with van der Waals surface area (Å²) in [5.74, 6) is -4.11. The molecule has 0 aromatic heterocycles. The van der Waals surface area contributed by atoms with Crippen molar-refractivity contribution in [2.75, 3.05) is 0 Å². The van der Waals surface area contributed by atoms with Gasteiger partial charge in [0.15, 0.2) is 5.78 Å². The van der Waals surface area contributed by atoms with Gasteiger partial charge in [-0.2, -0.15) is 0 Å². The van der Waals surface area contributed by atoms with Crippen molar-refractivity contribution in [1.82, 2.24) is 5.32 Å². The van der Waals surface area contributed by atoms with Crippen LogP contribution in [0.5, 0.6) is 0 Å². The molecule has 0 saturated carbocycles. The van der Waals surface area contributed by atoms with Crippen molar-refractivity contribution in [2.45, 2.75) is 58.3 Å². The first kappa shape index (κ1) is 25.6. The molecule has 0 spiro atoms. The Kier molecular flexibility index (Phi) is 13.0. The zero-order valence-corrected chi connectivity index (χ0v) is 18.1. The summed E-state index contributed by atoms with van der Waals surface area (Å²) in [6.07, 6.45) is 0.414. The van der Waals surface area contributed by atoms with Crippen LogP contribution < -0.4 is 40.0 Å². The molecule has 0 bridgehead atoms. The summed E-state index contributed by atoms with van der Waals surface area (Å²) in [6, 6.07) is 8.22. The molecule has 1 aromatic carbocycles. The number of amides is 1. The van der Waals surface area contributed by atoms with E-state index in [2.05, 4.69) is 5.32 Å². The number of carboxylic acid groups (broad SMARTS) is 1. The molecule has 0 aliphatic rings. The van der Waals surface area contributed by atoms with Gasteiger partial charge >= 0.3 is 35.7 Å². The Morgan fingerprint density at radius 3 is 2.37 bits per heavy atom. The Morgan fingerprint density at radius 2 is 1.81 bits per heavy atom. The number of ether oxygens (including phenoxy) is 1. The molecule has 3 unspecified atom stereocenters. The second kappa shape index (κ2) is 13.7. The first-order valence-corrected chi connectivity index (χ1v) is 8.77. The summed E-state index contributed by atoms with van der Waals surface area (Å²) in [4.78, 5) is 34.6. The number of aliphatic hydroxyl groups is 1. The number of alkyl carbamates (subject to hydrolysis) is 1. The van der Waals surface area contributed by atoms with Crippen LogP contribution in [0.25, 0.3) is 0 Å². The molecule has 0 fully saturated rings. The number of unbranched alkanes of at least 4 members (excludes halogenated alkanes) is 2. The Bertz CT molecular complexity index is 595. The molecule has 7 nitrogen and oxygen atoms in total. The predicted molar refractivity (Wildman–Crippen MR) is 92.9 cm³/mol. The normalized spacial score (nSPS) is 13.6. The van der Waals surface area contributed by atoms with Gasteiger partial charge in [0.25, 0.3) is 0 Å². The van der Waals surface area contributed by atoms with Gasteiger partial charge in [-0.25, -0.2) is 4.79 Å². The first-order valence-electron chi connectivity index (χ1n) is 8.77. The standard InChI is InChI=1S/C19H27NO6.Na/c1-3-4-6-11-15(17(22)18(23)24)16(21)13(2)20-19(25)26-12-14-9-7-5-8-10-14;/h5,7-10,13,15-16,21H,3-4,6,11-12H2,1-2H3,(H,20,25)(H,23,24);/q;+1/p-1. The van der Waals surface area contributed by atoms with E-state index in [9.17, 15) is 24.6 Å². The zero-order valence-electron chi connectivity index (χ0n) is 16.1. The fraction of sp³-hybridized carbons (Fsp3) is 0.526. The van der Waals surface area contributed by atoms with Gasteiger partial charge in [0, 0.05) is 0 Å².